The molecule has 5 rings (SSSR count). The second-order valence-electron chi connectivity index (χ2n) is 7.09. The lowest BCUT2D eigenvalue weighted by molar-refractivity contribution is 0.100. The maximum Gasteiger partial charge on any atom is 0.249 e. The van der Waals surface area contributed by atoms with Crippen LogP contribution in [0.4, 0.5) is 0 Å². The number of nitrogens with one attached hydrogen (secondary N) is 1. The van der Waals surface area contributed by atoms with Crippen LogP contribution in [0.2, 0.25) is 0 Å². The lowest BCUT2D eigenvalue weighted by atomic mass is 9.88. The Morgan fingerprint density at radius 2 is 2.04 bits per heavy atom. The highest BCUT2D eigenvalue weighted by atomic mass is 16.1. The molecule has 3 aliphatic rings. The molecule has 3 N–H and O–H groups in total. The van der Waals surface area contributed by atoms with Crippen molar-refractivity contribution in [3.05, 3.63) is 77.1 Å². The number of rotatable bonds is 3. The van der Waals surface area contributed by atoms with Crippen molar-refractivity contribution in [3.8, 4) is 11.3 Å². The van der Waals surface area contributed by atoms with Gasteiger partial charge in [0.2, 0.25) is 5.91 Å². The maximum absolute atomic E-state index is 11.8. The molecule has 4 nitrogen and oxygen atoms in total. The van der Waals surface area contributed by atoms with Crippen LogP contribution in [0.25, 0.3) is 11.3 Å². The Labute approximate surface area is 146 Å². The van der Waals surface area contributed by atoms with E-state index < -0.39 is 5.91 Å². The van der Waals surface area contributed by atoms with E-state index in [4.69, 9.17) is 5.73 Å². The molecule has 4 heteroatoms. The molecule has 0 spiro atoms. The average molecular weight is 329 g/mol. The summed E-state index contributed by atoms with van der Waals surface area (Å²) < 4.78 is 0. The lowest BCUT2D eigenvalue weighted by Crippen LogP contribution is -2.16. The second-order valence-corrected chi connectivity index (χ2v) is 7.09. The first-order valence-corrected chi connectivity index (χ1v) is 8.74. The highest BCUT2D eigenvalue weighted by Gasteiger charge is 2.39. The standard InChI is InChI=1S/C21H19N3O/c22-21(25)16-5-2-1-4-15(16)20-17(6-3-7-23-20)19-11-14-9-12-8-13(12)10-18(14)24-19/h1-8,10,12,14,19,24H,9,11H2,(H2,22,25). The molecule has 25 heavy (non-hydrogen) atoms. The fourth-order valence-corrected chi connectivity index (χ4v) is 4.23. The van der Waals surface area contributed by atoms with Crippen molar-refractivity contribution >= 4 is 5.91 Å². The van der Waals surface area contributed by atoms with Crippen LogP contribution in [0.5, 0.6) is 0 Å². The van der Waals surface area contributed by atoms with Gasteiger partial charge in [0.05, 0.1) is 11.7 Å². The molecule has 1 amide bonds. The van der Waals surface area contributed by atoms with Gasteiger partial charge in [0.25, 0.3) is 0 Å². The van der Waals surface area contributed by atoms with Gasteiger partial charge in [-0.05, 0) is 36.6 Å². The van der Waals surface area contributed by atoms with E-state index in [0.717, 1.165) is 23.2 Å². The summed E-state index contributed by atoms with van der Waals surface area (Å²) in [5, 5.41) is 3.69. The van der Waals surface area contributed by atoms with E-state index in [9.17, 15) is 4.79 Å². The highest BCUT2D eigenvalue weighted by Crippen LogP contribution is 2.49. The Balaban J connectivity index is 1.55. The van der Waals surface area contributed by atoms with E-state index in [2.05, 4.69) is 28.5 Å². The first-order chi connectivity index (χ1) is 12.2. The van der Waals surface area contributed by atoms with E-state index in [0.29, 0.717) is 17.4 Å². The minimum atomic E-state index is -0.421. The molecule has 2 heterocycles. The van der Waals surface area contributed by atoms with Gasteiger partial charge in [-0.2, -0.15) is 0 Å². The van der Waals surface area contributed by atoms with Crippen molar-refractivity contribution in [1.29, 1.82) is 0 Å². The van der Waals surface area contributed by atoms with Crippen LogP contribution in [-0.2, 0) is 0 Å². The minimum Gasteiger partial charge on any atom is -0.381 e. The molecule has 1 fully saturated rings. The molecule has 2 aromatic rings. The van der Waals surface area contributed by atoms with E-state index in [1.807, 2.05) is 24.3 Å². The number of carbonyl (C=O) groups is 1. The molecule has 3 unspecified atom stereocenters. The largest absolute Gasteiger partial charge is 0.381 e. The number of primary amides is 1. The van der Waals surface area contributed by atoms with Crippen LogP contribution in [0.3, 0.4) is 0 Å². The highest BCUT2D eigenvalue weighted by molar-refractivity contribution is 5.99. The van der Waals surface area contributed by atoms with Crippen LogP contribution in [0.1, 0.15) is 34.8 Å². The number of hydrogen-bond donors (Lipinski definition) is 2. The Bertz CT molecular complexity index is 944. The third-order valence-electron chi connectivity index (χ3n) is 5.54. The number of nitrogens with zero attached hydrogens (tertiary/aromatic N) is 1. The summed E-state index contributed by atoms with van der Waals surface area (Å²) in [5.41, 5.74) is 11.7. The quantitative estimate of drug-likeness (QED) is 0.907. The molecular weight excluding hydrogens is 310 g/mol. The van der Waals surface area contributed by atoms with Crippen molar-refractivity contribution < 1.29 is 4.79 Å². The van der Waals surface area contributed by atoms with Gasteiger partial charge in [-0.1, -0.05) is 30.3 Å². The van der Waals surface area contributed by atoms with Crippen molar-refractivity contribution in [1.82, 2.24) is 10.3 Å². The SMILES string of the molecule is NC(=O)c1ccccc1-c1ncccc1C1CC2CC3C=C3C=C2N1. The molecule has 1 saturated heterocycles. The van der Waals surface area contributed by atoms with Gasteiger partial charge in [0.1, 0.15) is 0 Å². The number of allylic oxidation sites excluding steroid dienone is 4. The normalized spacial score (nSPS) is 26.0. The van der Waals surface area contributed by atoms with Gasteiger partial charge < -0.3 is 11.1 Å². The minimum absolute atomic E-state index is 0.221. The Morgan fingerprint density at radius 3 is 2.92 bits per heavy atom. The molecule has 3 atom stereocenters. The fourth-order valence-electron chi connectivity index (χ4n) is 4.23. The smallest absolute Gasteiger partial charge is 0.249 e. The van der Waals surface area contributed by atoms with Gasteiger partial charge in [0, 0.05) is 40.4 Å². The monoisotopic (exact) mass is 329 g/mol. The number of amides is 1. The number of carbonyl (C=O) groups excluding carboxylic acids is 1. The van der Waals surface area contributed by atoms with Gasteiger partial charge in [-0.3, -0.25) is 9.78 Å². The maximum atomic E-state index is 11.8. The topological polar surface area (TPSA) is 68.0 Å². The Kier molecular flexibility index (Phi) is 3.07. The predicted octanol–water partition coefficient (Wildman–Crippen LogP) is 3.34. The van der Waals surface area contributed by atoms with Gasteiger partial charge >= 0.3 is 0 Å². The first kappa shape index (κ1) is 14.5. The molecule has 2 aliphatic carbocycles. The molecular formula is C21H19N3O. The van der Waals surface area contributed by atoms with Crippen molar-refractivity contribution in [3.63, 3.8) is 0 Å². The number of pyridine rings is 1. The summed E-state index contributed by atoms with van der Waals surface area (Å²) in [4.78, 5) is 16.4. The number of aromatic nitrogens is 1. The van der Waals surface area contributed by atoms with Crippen LogP contribution in [0, 0.1) is 11.8 Å². The number of hydrogen-bond acceptors (Lipinski definition) is 3. The third kappa shape index (κ3) is 2.37. The van der Waals surface area contributed by atoms with E-state index in [1.165, 1.54) is 17.7 Å². The Morgan fingerprint density at radius 1 is 1.16 bits per heavy atom. The van der Waals surface area contributed by atoms with Crippen LogP contribution < -0.4 is 11.1 Å². The van der Waals surface area contributed by atoms with E-state index >= 15 is 0 Å². The lowest BCUT2D eigenvalue weighted by Gasteiger charge is -2.17. The second kappa shape index (κ2) is 5.31. The van der Waals surface area contributed by atoms with Crippen LogP contribution in [0.15, 0.2) is 66.0 Å². The molecule has 124 valence electrons. The number of benzene rings is 1. The fraction of sp³-hybridized carbons (Fsp3) is 0.238. The zero-order valence-corrected chi connectivity index (χ0v) is 13.8. The summed E-state index contributed by atoms with van der Waals surface area (Å²) in [6.45, 7) is 0. The number of nitrogens with two attached hydrogens (primary N) is 1. The van der Waals surface area contributed by atoms with Gasteiger partial charge in [-0.15, -0.1) is 0 Å². The molecule has 1 aliphatic heterocycles. The predicted molar refractivity (Wildman–Crippen MR) is 96.4 cm³/mol. The van der Waals surface area contributed by atoms with E-state index in [1.54, 1.807) is 12.3 Å². The van der Waals surface area contributed by atoms with Gasteiger partial charge in [-0.25, -0.2) is 0 Å². The molecule has 1 aromatic carbocycles. The van der Waals surface area contributed by atoms with Gasteiger partial charge in [0.15, 0.2) is 0 Å². The number of fused-ring (bicyclic) bond motifs is 2. The summed E-state index contributed by atoms with van der Waals surface area (Å²) in [5.74, 6) is 0.880. The van der Waals surface area contributed by atoms with Crippen molar-refractivity contribution in [2.24, 2.45) is 17.6 Å². The zero-order chi connectivity index (χ0) is 17.0. The molecule has 1 aromatic heterocycles. The Hall–Kier alpha value is -2.88. The zero-order valence-electron chi connectivity index (χ0n) is 13.8. The van der Waals surface area contributed by atoms with Crippen molar-refractivity contribution in [2.75, 3.05) is 0 Å². The molecule has 0 bridgehead atoms. The summed E-state index contributed by atoms with van der Waals surface area (Å²) in [7, 11) is 0. The summed E-state index contributed by atoms with van der Waals surface area (Å²) >= 11 is 0. The van der Waals surface area contributed by atoms with Crippen molar-refractivity contribution in [2.45, 2.75) is 18.9 Å². The first-order valence-electron chi connectivity index (χ1n) is 8.74. The molecule has 0 saturated carbocycles. The summed E-state index contributed by atoms with van der Waals surface area (Å²) in [6.07, 6.45) is 8.73. The summed E-state index contributed by atoms with van der Waals surface area (Å²) in [6, 6.07) is 11.7. The molecule has 0 radical (unpaired) electrons. The van der Waals surface area contributed by atoms with E-state index in [-0.39, 0.29) is 6.04 Å². The van der Waals surface area contributed by atoms with Crippen LogP contribution in [-0.4, -0.2) is 10.9 Å². The average Bonchev–Trinajstić information content (AvgIpc) is 3.27. The van der Waals surface area contributed by atoms with Crippen LogP contribution >= 0.6 is 0 Å². The third-order valence-corrected chi connectivity index (χ3v) is 5.54.